The first-order chi connectivity index (χ1) is 26.5. The maximum absolute atomic E-state index is 7.60. The van der Waals surface area contributed by atoms with E-state index < -0.39 is 6.92 Å². The molecule has 7 aromatic rings. The van der Waals surface area contributed by atoms with E-state index in [1.165, 1.54) is 16.7 Å². The summed E-state index contributed by atoms with van der Waals surface area (Å²) in [6.45, 7) is 6.34. The topological polar surface area (TPSA) is 12.5 Å². The van der Waals surface area contributed by atoms with Crippen molar-refractivity contribution in [2.24, 2.45) is 0 Å². The van der Waals surface area contributed by atoms with Crippen molar-refractivity contribution in [3.63, 3.8) is 0 Å². The molecule has 0 fully saturated rings. The highest BCUT2D eigenvalue weighted by Gasteiger charge is 2.43. The molecular weight excluding hydrogens is 653 g/mol. The molecule has 8 rings (SSSR count). The molecule has 1 aliphatic heterocycles. The van der Waals surface area contributed by atoms with Crippen LogP contribution in [0.4, 0.5) is 0 Å². The van der Waals surface area contributed by atoms with Crippen LogP contribution in [0.5, 0.6) is 0 Å². The molecule has 1 aliphatic rings. The van der Waals surface area contributed by atoms with E-state index in [4.69, 9.17) is 4.76 Å². The highest BCUT2D eigenvalue weighted by molar-refractivity contribution is 6.87. The quantitative estimate of drug-likeness (QED) is 0.160. The zero-order valence-electron chi connectivity index (χ0n) is 31.3. The molecule has 2 nitrogen and oxygen atoms in total. The highest BCUT2D eigenvalue weighted by Crippen LogP contribution is 2.51. The number of hydroxylamine groups is 2. The molecular formula is C51H46BNO. The van der Waals surface area contributed by atoms with E-state index in [9.17, 15) is 0 Å². The third-order valence-corrected chi connectivity index (χ3v) is 9.62. The second kappa shape index (κ2) is 17.2. The Bertz CT molecular complexity index is 2220. The summed E-state index contributed by atoms with van der Waals surface area (Å²) in [5.41, 5.74) is 11.1. The molecule has 1 atom stereocenters. The Labute approximate surface area is 321 Å². The second-order valence-electron chi connectivity index (χ2n) is 14.4. The van der Waals surface area contributed by atoms with E-state index in [2.05, 4.69) is 208 Å². The van der Waals surface area contributed by atoms with E-state index >= 15 is 0 Å². The molecule has 0 spiro atoms. The molecule has 0 N–H and O–H groups in total. The largest absolute Gasteiger partial charge is 0.388 e. The smallest absolute Gasteiger partial charge is 0.346 e. The van der Waals surface area contributed by atoms with Gasteiger partial charge in [-0.15, -0.1) is 0 Å². The van der Waals surface area contributed by atoms with Gasteiger partial charge in [-0.2, -0.15) is 5.06 Å². The van der Waals surface area contributed by atoms with Crippen molar-refractivity contribution in [2.45, 2.75) is 32.4 Å². The monoisotopic (exact) mass is 699 g/mol. The van der Waals surface area contributed by atoms with Crippen LogP contribution in [0.1, 0.15) is 54.6 Å². The normalized spacial score (nSPS) is 17.8. The number of nitrogens with zero attached hydrogens (tertiary/aromatic N) is 1. The molecule has 3 heteroatoms. The predicted octanol–water partition coefficient (Wildman–Crippen LogP) is 12.1. The number of benzene rings is 7. The maximum atomic E-state index is 7.60. The highest BCUT2D eigenvalue weighted by atomic mass is 16.7. The summed E-state index contributed by atoms with van der Waals surface area (Å²) in [6, 6.07) is 76.7. The Morgan fingerprint density at radius 2 is 0.759 bits per heavy atom. The maximum Gasteiger partial charge on any atom is 0.388 e. The summed E-state index contributed by atoms with van der Waals surface area (Å²) in [5, 5.41) is 2.26. The minimum atomic E-state index is -0.412. The van der Waals surface area contributed by atoms with Crippen molar-refractivity contribution in [1.82, 2.24) is 5.06 Å². The molecule has 1 heterocycles. The van der Waals surface area contributed by atoms with Gasteiger partial charge in [0.1, 0.15) is 0 Å². The summed E-state index contributed by atoms with van der Waals surface area (Å²) in [6.07, 6.45) is 0. The predicted molar refractivity (Wildman–Crippen MR) is 230 cm³/mol. The first-order valence-electron chi connectivity index (χ1n) is 18.8. The lowest BCUT2D eigenvalue weighted by Crippen LogP contribution is -2.52. The van der Waals surface area contributed by atoms with Gasteiger partial charge in [0, 0.05) is 5.54 Å². The Kier molecular flexibility index (Phi) is 11.6. The minimum Gasteiger partial charge on any atom is -0.346 e. The first kappa shape index (κ1) is 36.4. The third-order valence-electron chi connectivity index (χ3n) is 9.62. The van der Waals surface area contributed by atoms with Crippen molar-refractivity contribution < 1.29 is 4.76 Å². The molecule has 0 aliphatic carbocycles. The molecule has 0 aromatic heterocycles. The number of allylic oxidation sites excluding steroid dienone is 2. The third kappa shape index (κ3) is 8.29. The second-order valence-corrected chi connectivity index (χ2v) is 14.4. The molecule has 0 amide bonds. The molecule has 264 valence electrons. The van der Waals surface area contributed by atoms with Crippen molar-refractivity contribution in [2.75, 3.05) is 0 Å². The summed E-state index contributed by atoms with van der Waals surface area (Å²) in [5.74, 6) is 0. The van der Waals surface area contributed by atoms with E-state index in [1.54, 1.807) is 0 Å². The lowest BCUT2D eigenvalue weighted by atomic mass is 9.50. The minimum absolute atomic E-state index is 0.244. The Hall–Kier alpha value is -6.00. The van der Waals surface area contributed by atoms with Gasteiger partial charge in [0.25, 0.3) is 0 Å². The van der Waals surface area contributed by atoms with Crippen LogP contribution in [-0.4, -0.2) is 17.5 Å². The van der Waals surface area contributed by atoms with Crippen molar-refractivity contribution in [3.8, 4) is 0 Å². The van der Waals surface area contributed by atoms with E-state index in [0.717, 1.165) is 38.8 Å². The van der Waals surface area contributed by atoms with Gasteiger partial charge >= 0.3 is 6.92 Å². The SMILES string of the molecule is CC(C)(C)N1OB(c2ccccc2)/C(c2ccccc2)=C(c2ccccc2)\C(c2ccccc2)=C(\c2ccccc2)[C@H]1c1ccccc1.c1ccccc1. The van der Waals surface area contributed by atoms with Crippen LogP contribution < -0.4 is 5.46 Å². The number of hydrogen-bond donors (Lipinski definition) is 0. The van der Waals surface area contributed by atoms with Gasteiger partial charge in [-0.1, -0.05) is 218 Å². The summed E-state index contributed by atoms with van der Waals surface area (Å²) >= 11 is 0. The van der Waals surface area contributed by atoms with Crippen molar-refractivity contribution in [1.29, 1.82) is 0 Å². The number of rotatable bonds is 6. The van der Waals surface area contributed by atoms with Crippen LogP contribution in [-0.2, 0) is 4.76 Å². The molecule has 0 unspecified atom stereocenters. The lowest BCUT2D eigenvalue weighted by Gasteiger charge is -2.46. The molecule has 0 bridgehead atoms. The molecule has 0 saturated carbocycles. The van der Waals surface area contributed by atoms with Gasteiger partial charge < -0.3 is 4.76 Å². The zero-order chi connectivity index (χ0) is 37.2. The van der Waals surface area contributed by atoms with Crippen LogP contribution in [0.25, 0.3) is 22.2 Å². The van der Waals surface area contributed by atoms with Gasteiger partial charge in [-0.05, 0) is 76.2 Å². The lowest BCUT2D eigenvalue weighted by molar-refractivity contribution is -0.147. The standard InChI is InChI=1S/C45H40BNO.C6H6/c1-45(2,3)47-44(38-30-18-8-19-31-38)42(36-26-14-6-15-27-36)40(34-22-10-4-11-23-34)41(35-24-12-5-13-25-35)43(37-28-16-7-17-29-37)46(48-47)39-32-20-9-21-33-39;1-2-4-6-5-3-1/h4-33,44H,1-3H3;1-6H/b42-40-,43-41-;/t44-;/m1./s1. The Morgan fingerprint density at radius 1 is 0.407 bits per heavy atom. The van der Waals surface area contributed by atoms with Crippen molar-refractivity contribution in [3.05, 3.63) is 246 Å². The van der Waals surface area contributed by atoms with Gasteiger partial charge in [0.2, 0.25) is 0 Å². The zero-order valence-corrected chi connectivity index (χ0v) is 31.3. The van der Waals surface area contributed by atoms with Gasteiger partial charge in [-0.25, -0.2) is 0 Å². The fraction of sp³-hybridized carbons (Fsp3) is 0.0980. The molecule has 0 radical (unpaired) electrons. The summed E-state index contributed by atoms with van der Waals surface area (Å²) in [7, 11) is 0. The van der Waals surface area contributed by atoms with Gasteiger partial charge in [0.15, 0.2) is 0 Å². The van der Waals surface area contributed by atoms with Crippen molar-refractivity contribution >= 4 is 34.6 Å². The van der Waals surface area contributed by atoms with Gasteiger partial charge in [-0.3, -0.25) is 0 Å². The summed E-state index contributed by atoms with van der Waals surface area (Å²) in [4.78, 5) is 0. The summed E-state index contributed by atoms with van der Waals surface area (Å²) < 4.78 is 7.60. The fourth-order valence-corrected chi connectivity index (χ4v) is 7.25. The van der Waals surface area contributed by atoms with Gasteiger partial charge in [0.05, 0.1) is 6.04 Å². The average Bonchev–Trinajstić information content (AvgIpc) is 3.23. The van der Waals surface area contributed by atoms with E-state index in [-0.39, 0.29) is 11.6 Å². The van der Waals surface area contributed by atoms with Crippen LogP contribution in [0.2, 0.25) is 0 Å². The molecule has 7 aromatic carbocycles. The van der Waals surface area contributed by atoms with E-state index in [0.29, 0.717) is 0 Å². The van der Waals surface area contributed by atoms with Crippen LogP contribution in [0.15, 0.2) is 218 Å². The van der Waals surface area contributed by atoms with Crippen LogP contribution in [0, 0.1) is 0 Å². The molecule has 54 heavy (non-hydrogen) atoms. The molecule has 0 saturated heterocycles. The van der Waals surface area contributed by atoms with E-state index in [1.807, 2.05) is 36.4 Å². The van der Waals surface area contributed by atoms with Crippen LogP contribution in [0.3, 0.4) is 0 Å². The number of hydrogen-bond acceptors (Lipinski definition) is 2. The van der Waals surface area contributed by atoms with Crippen LogP contribution >= 0.6 is 0 Å². The fourth-order valence-electron chi connectivity index (χ4n) is 7.25. The Balaban J connectivity index is 0.000000684. The average molecular weight is 700 g/mol. The Morgan fingerprint density at radius 3 is 1.20 bits per heavy atom. The first-order valence-corrected chi connectivity index (χ1v) is 18.8.